The number of halogens is 2. The SMILES string of the molecule is O=C(O)c1cc(NC(=O)c2cccc(Cl)c2)cc(NC(=O)c2cccc(Cl)c2)c1. The first-order valence-corrected chi connectivity index (χ1v) is 9.09. The highest BCUT2D eigenvalue weighted by Crippen LogP contribution is 2.22. The van der Waals surface area contributed by atoms with Crippen LogP contribution in [0.1, 0.15) is 31.1 Å². The first-order chi connectivity index (χ1) is 13.8. The van der Waals surface area contributed by atoms with Crippen LogP contribution in [0, 0.1) is 0 Å². The van der Waals surface area contributed by atoms with E-state index in [0.717, 1.165) is 0 Å². The summed E-state index contributed by atoms with van der Waals surface area (Å²) in [5.74, 6) is -2.15. The predicted molar refractivity (Wildman–Crippen MR) is 112 cm³/mol. The lowest BCUT2D eigenvalue weighted by Gasteiger charge is -2.11. The van der Waals surface area contributed by atoms with Gasteiger partial charge in [0, 0.05) is 32.5 Å². The molecule has 3 aromatic carbocycles. The van der Waals surface area contributed by atoms with Crippen LogP contribution in [0.2, 0.25) is 10.0 Å². The van der Waals surface area contributed by atoms with Crippen molar-refractivity contribution in [2.45, 2.75) is 0 Å². The summed E-state index contributed by atoms with van der Waals surface area (Å²) in [5, 5.41) is 15.4. The number of carboxylic acids is 1. The first kappa shape index (κ1) is 20.4. The van der Waals surface area contributed by atoms with Crippen molar-refractivity contribution in [2.24, 2.45) is 0 Å². The molecular weight excluding hydrogens is 415 g/mol. The lowest BCUT2D eigenvalue weighted by Crippen LogP contribution is -2.15. The molecule has 0 aliphatic rings. The molecule has 0 heterocycles. The van der Waals surface area contributed by atoms with E-state index in [1.54, 1.807) is 36.4 Å². The summed E-state index contributed by atoms with van der Waals surface area (Å²) in [7, 11) is 0. The molecule has 6 nitrogen and oxygen atoms in total. The second kappa shape index (κ2) is 8.77. The largest absolute Gasteiger partial charge is 0.478 e. The fourth-order valence-electron chi connectivity index (χ4n) is 2.56. The zero-order chi connectivity index (χ0) is 21.0. The Morgan fingerprint density at radius 3 is 1.48 bits per heavy atom. The number of nitrogens with one attached hydrogen (secondary N) is 2. The van der Waals surface area contributed by atoms with Gasteiger partial charge in [-0.3, -0.25) is 9.59 Å². The molecule has 0 bridgehead atoms. The van der Waals surface area contributed by atoms with Crippen LogP contribution in [0.5, 0.6) is 0 Å². The molecule has 146 valence electrons. The average molecular weight is 429 g/mol. The summed E-state index contributed by atoms with van der Waals surface area (Å²) in [4.78, 5) is 36.3. The second-order valence-electron chi connectivity index (χ2n) is 6.03. The van der Waals surface area contributed by atoms with Crippen molar-refractivity contribution in [3.05, 3.63) is 93.5 Å². The van der Waals surface area contributed by atoms with Crippen LogP contribution in [-0.4, -0.2) is 22.9 Å². The Bertz CT molecular complexity index is 1040. The summed E-state index contributed by atoms with van der Waals surface area (Å²) in [5.41, 5.74) is 0.924. The summed E-state index contributed by atoms with van der Waals surface area (Å²) < 4.78 is 0. The monoisotopic (exact) mass is 428 g/mol. The van der Waals surface area contributed by atoms with Crippen LogP contribution in [-0.2, 0) is 0 Å². The van der Waals surface area contributed by atoms with E-state index in [-0.39, 0.29) is 16.9 Å². The minimum atomic E-state index is -1.21. The summed E-state index contributed by atoms with van der Waals surface area (Å²) >= 11 is 11.8. The molecule has 0 saturated carbocycles. The zero-order valence-corrected chi connectivity index (χ0v) is 16.3. The third-order valence-corrected chi connectivity index (χ3v) is 4.34. The van der Waals surface area contributed by atoms with Crippen LogP contribution in [0.15, 0.2) is 66.7 Å². The van der Waals surface area contributed by atoms with Gasteiger partial charge in [0.1, 0.15) is 0 Å². The minimum absolute atomic E-state index is 0.102. The highest BCUT2D eigenvalue weighted by atomic mass is 35.5. The van der Waals surface area contributed by atoms with Gasteiger partial charge in [0.15, 0.2) is 0 Å². The molecular formula is C21H14Cl2N2O4. The predicted octanol–water partition coefficient (Wildman–Crippen LogP) is 5.20. The number of carboxylic acid groups (broad SMARTS) is 1. The number of carbonyl (C=O) groups is 3. The summed E-state index contributed by atoms with van der Waals surface area (Å²) in [6.45, 7) is 0. The van der Waals surface area contributed by atoms with Gasteiger partial charge in [-0.25, -0.2) is 4.79 Å². The third kappa shape index (κ3) is 5.34. The van der Waals surface area contributed by atoms with Gasteiger partial charge >= 0.3 is 5.97 Å². The normalized spacial score (nSPS) is 10.3. The Morgan fingerprint density at radius 1 is 0.655 bits per heavy atom. The minimum Gasteiger partial charge on any atom is -0.478 e. The molecule has 3 N–H and O–H groups in total. The standard InChI is InChI=1S/C21H14Cl2N2O4/c22-15-5-1-3-12(7-15)19(26)24-17-9-14(21(28)29)10-18(11-17)25-20(27)13-4-2-6-16(23)8-13/h1-11H,(H,24,26)(H,25,27)(H,28,29). The van der Waals surface area contributed by atoms with E-state index in [2.05, 4.69) is 10.6 Å². The van der Waals surface area contributed by atoms with E-state index in [1.165, 1.54) is 30.3 Å². The number of benzene rings is 3. The number of aromatic carboxylic acids is 1. The third-order valence-electron chi connectivity index (χ3n) is 3.87. The molecule has 0 unspecified atom stereocenters. The molecule has 0 atom stereocenters. The van der Waals surface area contributed by atoms with Crippen molar-refractivity contribution in [3.63, 3.8) is 0 Å². The van der Waals surface area contributed by atoms with Crippen LogP contribution in [0.25, 0.3) is 0 Å². The van der Waals surface area contributed by atoms with E-state index < -0.39 is 17.8 Å². The topological polar surface area (TPSA) is 95.5 Å². The molecule has 0 aromatic heterocycles. The van der Waals surface area contributed by atoms with Gasteiger partial charge in [-0.15, -0.1) is 0 Å². The van der Waals surface area contributed by atoms with Gasteiger partial charge < -0.3 is 15.7 Å². The molecule has 0 radical (unpaired) electrons. The van der Waals surface area contributed by atoms with Crippen LogP contribution >= 0.6 is 23.2 Å². The lowest BCUT2D eigenvalue weighted by atomic mass is 10.1. The van der Waals surface area contributed by atoms with Crippen LogP contribution in [0.3, 0.4) is 0 Å². The Labute approximate surface area is 176 Å². The number of hydrogen-bond acceptors (Lipinski definition) is 3. The van der Waals surface area contributed by atoms with Gasteiger partial charge in [-0.2, -0.15) is 0 Å². The highest BCUT2D eigenvalue weighted by molar-refractivity contribution is 6.31. The first-order valence-electron chi connectivity index (χ1n) is 8.34. The van der Waals surface area contributed by atoms with Crippen molar-refractivity contribution < 1.29 is 19.5 Å². The number of carbonyl (C=O) groups excluding carboxylic acids is 2. The molecule has 0 aliphatic heterocycles. The fourth-order valence-corrected chi connectivity index (χ4v) is 2.94. The van der Waals surface area contributed by atoms with Gasteiger partial charge in [-0.1, -0.05) is 35.3 Å². The Hall–Kier alpha value is -3.35. The molecule has 0 fully saturated rings. The molecule has 0 saturated heterocycles. The van der Waals surface area contributed by atoms with E-state index in [0.29, 0.717) is 21.2 Å². The highest BCUT2D eigenvalue weighted by Gasteiger charge is 2.13. The van der Waals surface area contributed by atoms with Crippen molar-refractivity contribution in [2.75, 3.05) is 10.6 Å². The van der Waals surface area contributed by atoms with Crippen LogP contribution in [0.4, 0.5) is 11.4 Å². The van der Waals surface area contributed by atoms with Crippen molar-refractivity contribution in [1.82, 2.24) is 0 Å². The smallest absolute Gasteiger partial charge is 0.335 e. The number of amides is 2. The molecule has 29 heavy (non-hydrogen) atoms. The quantitative estimate of drug-likeness (QED) is 0.520. The van der Waals surface area contributed by atoms with Crippen LogP contribution < -0.4 is 10.6 Å². The van der Waals surface area contributed by atoms with E-state index in [9.17, 15) is 19.5 Å². The van der Waals surface area contributed by atoms with Gasteiger partial charge in [0.2, 0.25) is 0 Å². The van der Waals surface area contributed by atoms with Gasteiger partial charge in [0.25, 0.3) is 11.8 Å². The number of anilines is 2. The number of hydrogen-bond donors (Lipinski definition) is 3. The average Bonchev–Trinajstić information content (AvgIpc) is 2.67. The van der Waals surface area contributed by atoms with Crippen molar-refractivity contribution in [1.29, 1.82) is 0 Å². The lowest BCUT2D eigenvalue weighted by molar-refractivity contribution is 0.0696. The fraction of sp³-hybridized carbons (Fsp3) is 0. The van der Waals surface area contributed by atoms with Gasteiger partial charge in [-0.05, 0) is 54.6 Å². The Kier molecular flexibility index (Phi) is 6.16. The summed E-state index contributed by atoms with van der Waals surface area (Å²) in [6.07, 6.45) is 0. The Balaban J connectivity index is 1.87. The van der Waals surface area contributed by atoms with Crippen molar-refractivity contribution >= 4 is 52.4 Å². The zero-order valence-electron chi connectivity index (χ0n) is 14.8. The second-order valence-corrected chi connectivity index (χ2v) is 6.91. The molecule has 8 heteroatoms. The van der Waals surface area contributed by atoms with Gasteiger partial charge in [0.05, 0.1) is 5.56 Å². The van der Waals surface area contributed by atoms with Crippen molar-refractivity contribution in [3.8, 4) is 0 Å². The summed E-state index contributed by atoms with van der Waals surface area (Å²) in [6, 6.07) is 16.7. The van der Waals surface area contributed by atoms with E-state index in [4.69, 9.17) is 23.2 Å². The Morgan fingerprint density at radius 2 is 1.10 bits per heavy atom. The maximum atomic E-state index is 12.4. The maximum Gasteiger partial charge on any atom is 0.335 e. The maximum absolute atomic E-state index is 12.4. The molecule has 0 aliphatic carbocycles. The number of rotatable bonds is 5. The van der Waals surface area contributed by atoms with E-state index in [1.807, 2.05) is 0 Å². The molecule has 0 spiro atoms. The van der Waals surface area contributed by atoms with E-state index >= 15 is 0 Å². The molecule has 3 aromatic rings. The molecule has 2 amide bonds. The molecule has 3 rings (SSSR count).